The molecule has 0 spiro atoms. The van der Waals surface area contributed by atoms with Gasteiger partial charge in [-0.3, -0.25) is 9.78 Å². The summed E-state index contributed by atoms with van der Waals surface area (Å²) < 4.78 is 1.77. The number of fused-ring (bicyclic) bond motifs is 1. The summed E-state index contributed by atoms with van der Waals surface area (Å²) in [5.41, 5.74) is 2.89. The van der Waals surface area contributed by atoms with Gasteiger partial charge in [0, 0.05) is 50.5 Å². The fourth-order valence-corrected chi connectivity index (χ4v) is 3.76. The molecule has 0 bridgehead atoms. The Morgan fingerprint density at radius 1 is 1.19 bits per heavy atom. The zero-order chi connectivity index (χ0) is 18.1. The number of piperidine rings is 1. The Morgan fingerprint density at radius 3 is 2.69 bits per heavy atom. The van der Waals surface area contributed by atoms with Crippen LogP contribution in [0.15, 0.2) is 49.1 Å². The predicted molar refractivity (Wildman–Crippen MR) is 102 cm³/mol. The SMILES string of the molecule is CN(C(=O)c1cncn1C)C1CCN(c2ccnc3ccccc23)CC1. The van der Waals surface area contributed by atoms with Crippen LogP contribution in [0.3, 0.4) is 0 Å². The van der Waals surface area contributed by atoms with Gasteiger partial charge in [0.1, 0.15) is 5.69 Å². The summed E-state index contributed by atoms with van der Waals surface area (Å²) in [6.45, 7) is 1.86. The van der Waals surface area contributed by atoms with E-state index in [-0.39, 0.29) is 11.9 Å². The Bertz CT molecular complexity index is 921. The second-order valence-corrected chi connectivity index (χ2v) is 6.87. The second kappa shape index (κ2) is 6.78. The molecule has 1 aliphatic rings. The molecule has 0 saturated carbocycles. The first kappa shape index (κ1) is 16.6. The van der Waals surface area contributed by atoms with Gasteiger partial charge < -0.3 is 14.4 Å². The van der Waals surface area contributed by atoms with E-state index in [4.69, 9.17) is 0 Å². The topological polar surface area (TPSA) is 54.3 Å². The molecule has 1 amide bonds. The van der Waals surface area contributed by atoms with Crippen LogP contribution in [-0.4, -0.2) is 51.5 Å². The molecule has 2 aromatic heterocycles. The highest BCUT2D eigenvalue weighted by molar-refractivity contribution is 5.93. The third-order valence-corrected chi connectivity index (χ3v) is 5.34. The van der Waals surface area contributed by atoms with Gasteiger partial charge in [-0.2, -0.15) is 0 Å². The number of nitrogens with zero attached hydrogens (tertiary/aromatic N) is 5. The summed E-state index contributed by atoms with van der Waals surface area (Å²) in [5.74, 6) is 0.0396. The molecule has 3 aromatic rings. The number of aryl methyl sites for hydroxylation is 1. The molecule has 1 fully saturated rings. The van der Waals surface area contributed by atoms with Crippen LogP contribution in [0.25, 0.3) is 10.9 Å². The molecule has 6 heteroatoms. The van der Waals surface area contributed by atoms with Gasteiger partial charge in [0.2, 0.25) is 0 Å². The quantitative estimate of drug-likeness (QED) is 0.730. The average Bonchev–Trinajstić information content (AvgIpc) is 3.12. The van der Waals surface area contributed by atoms with E-state index in [2.05, 4.69) is 33.1 Å². The fourth-order valence-electron chi connectivity index (χ4n) is 3.76. The first-order chi connectivity index (χ1) is 12.6. The Labute approximate surface area is 153 Å². The van der Waals surface area contributed by atoms with Crippen LogP contribution in [0.1, 0.15) is 23.3 Å². The molecule has 0 atom stereocenters. The van der Waals surface area contributed by atoms with Gasteiger partial charge in [-0.15, -0.1) is 0 Å². The number of pyridine rings is 1. The second-order valence-electron chi connectivity index (χ2n) is 6.87. The Hall–Kier alpha value is -2.89. The van der Waals surface area contributed by atoms with Crippen LogP contribution >= 0.6 is 0 Å². The van der Waals surface area contributed by atoms with E-state index in [1.807, 2.05) is 37.3 Å². The molecule has 26 heavy (non-hydrogen) atoms. The van der Waals surface area contributed by atoms with Crippen LogP contribution in [0.2, 0.25) is 0 Å². The lowest BCUT2D eigenvalue weighted by Gasteiger charge is -2.38. The average molecular weight is 349 g/mol. The van der Waals surface area contributed by atoms with Crippen LogP contribution < -0.4 is 4.90 Å². The minimum atomic E-state index is 0.0396. The van der Waals surface area contributed by atoms with Gasteiger partial charge in [0.15, 0.2) is 0 Å². The van der Waals surface area contributed by atoms with Gasteiger partial charge >= 0.3 is 0 Å². The van der Waals surface area contributed by atoms with Gasteiger partial charge in [0.05, 0.1) is 18.0 Å². The van der Waals surface area contributed by atoms with E-state index < -0.39 is 0 Å². The predicted octanol–water partition coefficient (Wildman–Crippen LogP) is 2.71. The number of hydrogen-bond donors (Lipinski definition) is 0. The van der Waals surface area contributed by atoms with Crippen LogP contribution in [0.5, 0.6) is 0 Å². The van der Waals surface area contributed by atoms with Crippen LogP contribution in [0.4, 0.5) is 5.69 Å². The van der Waals surface area contributed by atoms with Crippen molar-refractivity contribution in [1.29, 1.82) is 0 Å². The third kappa shape index (κ3) is 2.92. The summed E-state index contributed by atoms with van der Waals surface area (Å²) >= 11 is 0. The monoisotopic (exact) mass is 349 g/mol. The summed E-state index contributed by atoms with van der Waals surface area (Å²) in [4.78, 5) is 25.5. The molecule has 6 nitrogen and oxygen atoms in total. The summed E-state index contributed by atoms with van der Waals surface area (Å²) in [6.07, 6.45) is 7.09. The van der Waals surface area contributed by atoms with Crippen molar-refractivity contribution < 1.29 is 4.79 Å². The minimum absolute atomic E-state index is 0.0396. The first-order valence-corrected chi connectivity index (χ1v) is 8.97. The number of carbonyl (C=O) groups is 1. The van der Waals surface area contributed by atoms with Crippen molar-refractivity contribution in [2.75, 3.05) is 25.0 Å². The Morgan fingerprint density at radius 2 is 1.96 bits per heavy atom. The smallest absolute Gasteiger partial charge is 0.272 e. The van der Waals surface area contributed by atoms with Gasteiger partial charge in [-0.1, -0.05) is 18.2 Å². The van der Waals surface area contributed by atoms with E-state index in [9.17, 15) is 4.79 Å². The zero-order valence-electron chi connectivity index (χ0n) is 15.2. The molecule has 1 aromatic carbocycles. The number of rotatable bonds is 3. The maximum absolute atomic E-state index is 12.7. The number of benzene rings is 1. The Balaban J connectivity index is 1.47. The molecular formula is C20H23N5O. The minimum Gasteiger partial charge on any atom is -0.371 e. The lowest BCUT2D eigenvalue weighted by molar-refractivity contribution is 0.0699. The maximum atomic E-state index is 12.7. The van der Waals surface area contributed by atoms with Crippen LogP contribution in [0, 0.1) is 0 Å². The van der Waals surface area contributed by atoms with Crippen molar-refractivity contribution >= 4 is 22.5 Å². The lowest BCUT2D eigenvalue weighted by Crippen LogP contribution is -2.46. The summed E-state index contributed by atoms with van der Waals surface area (Å²) in [6, 6.07) is 10.6. The molecule has 0 unspecified atom stereocenters. The summed E-state index contributed by atoms with van der Waals surface area (Å²) in [7, 11) is 3.75. The molecule has 1 aliphatic heterocycles. The third-order valence-electron chi connectivity index (χ3n) is 5.34. The number of amides is 1. The van der Waals surface area contributed by atoms with Crippen molar-refractivity contribution in [2.24, 2.45) is 7.05 Å². The molecular weight excluding hydrogens is 326 g/mol. The lowest BCUT2D eigenvalue weighted by atomic mass is 10.0. The first-order valence-electron chi connectivity index (χ1n) is 8.97. The van der Waals surface area contributed by atoms with Crippen molar-refractivity contribution in [3.63, 3.8) is 0 Å². The van der Waals surface area contributed by atoms with Gasteiger partial charge in [0.25, 0.3) is 5.91 Å². The fraction of sp³-hybridized carbons (Fsp3) is 0.350. The number of para-hydroxylation sites is 1. The normalized spacial score (nSPS) is 15.4. The number of aromatic nitrogens is 3. The number of hydrogen-bond acceptors (Lipinski definition) is 4. The molecule has 3 heterocycles. The maximum Gasteiger partial charge on any atom is 0.272 e. The molecule has 4 rings (SSSR count). The number of imidazole rings is 1. The largest absolute Gasteiger partial charge is 0.371 e. The van der Waals surface area contributed by atoms with Crippen molar-refractivity contribution in [3.05, 3.63) is 54.7 Å². The standard InChI is InChI=1S/C20H23N5O/c1-23-14-21-13-19(23)20(26)24(2)15-8-11-25(12-9-15)18-7-10-22-17-6-4-3-5-16(17)18/h3-7,10,13-15H,8-9,11-12H2,1-2H3. The van der Waals surface area contributed by atoms with Crippen molar-refractivity contribution in [1.82, 2.24) is 19.4 Å². The van der Waals surface area contributed by atoms with E-state index in [0.717, 1.165) is 31.4 Å². The van der Waals surface area contributed by atoms with Gasteiger partial charge in [-0.05, 0) is 25.0 Å². The highest BCUT2D eigenvalue weighted by Crippen LogP contribution is 2.28. The number of anilines is 1. The molecule has 0 aliphatic carbocycles. The number of carbonyl (C=O) groups excluding carboxylic acids is 1. The highest BCUT2D eigenvalue weighted by Gasteiger charge is 2.27. The van der Waals surface area contributed by atoms with Crippen LogP contribution in [-0.2, 0) is 7.05 Å². The van der Waals surface area contributed by atoms with Crippen molar-refractivity contribution in [2.45, 2.75) is 18.9 Å². The Kier molecular flexibility index (Phi) is 4.32. The van der Waals surface area contributed by atoms with Gasteiger partial charge in [-0.25, -0.2) is 4.98 Å². The van der Waals surface area contributed by atoms with E-state index >= 15 is 0 Å². The highest BCUT2D eigenvalue weighted by atomic mass is 16.2. The molecule has 0 N–H and O–H groups in total. The van der Waals surface area contributed by atoms with Crippen molar-refractivity contribution in [3.8, 4) is 0 Å². The molecule has 0 radical (unpaired) electrons. The van der Waals surface area contributed by atoms with E-state index in [1.54, 1.807) is 17.1 Å². The van der Waals surface area contributed by atoms with E-state index in [1.165, 1.54) is 11.1 Å². The van der Waals surface area contributed by atoms with E-state index in [0.29, 0.717) is 5.69 Å². The zero-order valence-corrected chi connectivity index (χ0v) is 15.2. The molecule has 134 valence electrons. The summed E-state index contributed by atoms with van der Waals surface area (Å²) in [5, 5.41) is 1.19. The molecule has 1 saturated heterocycles.